The van der Waals surface area contributed by atoms with Crippen LogP contribution in [0, 0.1) is 0 Å². The maximum Gasteiger partial charge on any atom is 0.328 e. The molecule has 1 fully saturated rings. The number of nitrogens with one attached hydrogen (secondary N) is 1. The van der Waals surface area contributed by atoms with Crippen LogP contribution in [0.15, 0.2) is 22.8 Å². The smallest absolute Gasteiger partial charge is 0.328 e. The van der Waals surface area contributed by atoms with Gasteiger partial charge in [-0.05, 0) is 38.8 Å². The lowest BCUT2D eigenvalue weighted by Crippen LogP contribution is -2.54. The molecule has 6 heteroatoms. The summed E-state index contributed by atoms with van der Waals surface area (Å²) in [4.78, 5) is 24.8. The van der Waals surface area contributed by atoms with E-state index >= 15 is 0 Å². The minimum Gasteiger partial charge on any atom is -0.480 e. The highest BCUT2D eigenvalue weighted by atomic mass is 16.4. The van der Waals surface area contributed by atoms with Crippen LogP contribution in [0.3, 0.4) is 0 Å². The van der Waals surface area contributed by atoms with Crippen LogP contribution in [-0.4, -0.2) is 33.6 Å². The van der Waals surface area contributed by atoms with E-state index in [1.807, 2.05) is 0 Å². The van der Waals surface area contributed by atoms with Crippen molar-refractivity contribution in [3.63, 3.8) is 0 Å². The molecule has 0 saturated heterocycles. The van der Waals surface area contributed by atoms with Gasteiger partial charge in [0.2, 0.25) is 0 Å². The van der Waals surface area contributed by atoms with Crippen molar-refractivity contribution in [3.05, 3.63) is 24.2 Å². The molecule has 2 amide bonds. The average molecular weight is 266 g/mol. The molecule has 0 bridgehead atoms. The van der Waals surface area contributed by atoms with E-state index in [-0.39, 0.29) is 12.1 Å². The molecule has 2 N–H and O–H groups in total. The summed E-state index contributed by atoms with van der Waals surface area (Å²) in [5, 5.41) is 11.6. The minimum absolute atomic E-state index is 0.176. The predicted octanol–water partition coefficient (Wildman–Crippen LogP) is 1.82. The summed E-state index contributed by atoms with van der Waals surface area (Å²) in [5.41, 5.74) is -1.28. The summed E-state index contributed by atoms with van der Waals surface area (Å²) in [6, 6.07) is 3.37. The lowest BCUT2D eigenvalue weighted by Gasteiger charge is -2.27. The highest BCUT2D eigenvalue weighted by Gasteiger charge is 2.37. The zero-order valence-electron chi connectivity index (χ0n) is 11.0. The number of carbonyl (C=O) groups excluding carboxylic acids is 1. The van der Waals surface area contributed by atoms with E-state index in [1.165, 1.54) is 13.8 Å². The van der Waals surface area contributed by atoms with Crippen LogP contribution in [0.2, 0.25) is 0 Å². The fourth-order valence-electron chi connectivity index (χ4n) is 1.72. The van der Waals surface area contributed by atoms with E-state index in [0.717, 1.165) is 12.8 Å². The third-order valence-electron chi connectivity index (χ3n) is 3.11. The molecule has 0 aromatic carbocycles. The Balaban J connectivity index is 2.03. The molecule has 0 aliphatic heterocycles. The molecular weight excluding hydrogens is 248 g/mol. The molecule has 1 aliphatic carbocycles. The lowest BCUT2D eigenvalue weighted by molar-refractivity contribution is -0.143. The van der Waals surface area contributed by atoms with Gasteiger partial charge in [0.1, 0.15) is 11.3 Å². The molecule has 19 heavy (non-hydrogen) atoms. The SMILES string of the molecule is CC(C)(NC(=O)N(Cc1ccco1)C1CC1)C(=O)O. The van der Waals surface area contributed by atoms with Crippen LogP contribution in [0.5, 0.6) is 0 Å². The molecule has 1 saturated carbocycles. The highest BCUT2D eigenvalue weighted by molar-refractivity contribution is 5.85. The van der Waals surface area contributed by atoms with Gasteiger partial charge in [-0.1, -0.05) is 0 Å². The van der Waals surface area contributed by atoms with Crippen LogP contribution in [-0.2, 0) is 11.3 Å². The Hall–Kier alpha value is -1.98. The Kier molecular flexibility index (Phi) is 3.50. The molecule has 0 unspecified atom stereocenters. The van der Waals surface area contributed by atoms with Crippen LogP contribution < -0.4 is 5.32 Å². The van der Waals surface area contributed by atoms with Gasteiger partial charge in [0.15, 0.2) is 0 Å². The Morgan fingerprint density at radius 1 is 1.53 bits per heavy atom. The summed E-state index contributed by atoms with van der Waals surface area (Å²) >= 11 is 0. The molecule has 1 aliphatic rings. The summed E-state index contributed by atoms with van der Waals surface area (Å²) in [6.07, 6.45) is 3.45. The first-order valence-electron chi connectivity index (χ1n) is 6.25. The second kappa shape index (κ2) is 4.95. The van der Waals surface area contributed by atoms with E-state index < -0.39 is 11.5 Å². The fraction of sp³-hybridized carbons (Fsp3) is 0.538. The topological polar surface area (TPSA) is 82.8 Å². The van der Waals surface area contributed by atoms with E-state index in [2.05, 4.69) is 5.32 Å². The number of rotatable bonds is 5. The van der Waals surface area contributed by atoms with Gasteiger partial charge in [0, 0.05) is 6.04 Å². The number of hydrogen-bond acceptors (Lipinski definition) is 3. The third-order valence-corrected chi connectivity index (χ3v) is 3.11. The number of carboxylic acid groups (broad SMARTS) is 1. The summed E-state index contributed by atoms with van der Waals surface area (Å²) in [6.45, 7) is 3.29. The van der Waals surface area contributed by atoms with Crippen molar-refractivity contribution in [3.8, 4) is 0 Å². The number of aliphatic carboxylic acids is 1. The second-order valence-electron chi connectivity index (χ2n) is 5.30. The number of furan rings is 1. The van der Waals surface area contributed by atoms with Crippen molar-refractivity contribution in [1.82, 2.24) is 10.2 Å². The largest absolute Gasteiger partial charge is 0.480 e. The van der Waals surface area contributed by atoms with Crippen molar-refractivity contribution in [2.45, 2.75) is 44.8 Å². The number of amides is 2. The average Bonchev–Trinajstić information content (AvgIpc) is 3.02. The van der Waals surface area contributed by atoms with Gasteiger partial charge in [-0.2, -0.15) is 0 Å². The van der Waals surface area contributed by atoms with Crippen LogP contribution in [0.25, 0.3) is 0 Å². The number of nitrogens with zero attached hydrogens (tertiary/aromatic N) is 1. The van der Waals surface area contributed by atoms with Crippen molar-refractivity contribution in [1.29, 1.82) is 0 Å². The minimum atomic E-state index is -1.28. The molecular formula is C13H18N2O4. The maximum atomic E-state index is 12.2. The Morgan fingerprint density at radius 2 is 2.21 bits per heavy atom. The highest BCUT2D eigenvalue weighted by Crippen LogP contribution is 2.28. The van der Waals surface area contributed by atoms with Gasteiger partial charge < -0.3 is 19.7 Å². The molecule has 1 aromatic rings. The Labute approximate surface area is 111 Å². The number of carbonyl (C=O) groups is 2. The van der Waals surface area contributed by atoms with E-state index in [1.54, 1.807) is 23.3 Å². The zero-order valence-corrected chi connectivity index (χ0v) is 11.0. The number of urea groups is 1. The van der Waals surface area contributed by atoms with Crippen LogP contribution in [0.4, 0.5) is 4.79 Å². The normalized spacial score (nSPS) is 15.1. The zero-order chi connectivity index (χ0) is 14.0. The quantitative estimate of drug-likeness (QED) is 0.851. The standard InChI is InChI=1S/C13H18N2O4/c1-13(2,11(16)17)14-12(18)15(9-5-6-9)8-10-4-3-7-19-10/h3-4,7,9H,5-6,8H2,1-2H3,(H,14,18)(H,16,17). The maximum absolute atomic E-state index is 12.2. The number of carboxylic acids is 1. The fourth-order valence-corrected chi connectivity index (χ4v) is 1.72. The van der Waals surface area contributed by atoms with Crippen LogP contribution in [0.1, 0.15) is 32.4 Å². The molecule has 1 heterocycles. The number of hydrogen-bond donors (Lipinski definition) is 2. The third kappa shape index (κ3) is 3.27. The lowest BCUT2D eigenvalue weighted by atomic mass is 10.1. The first-order valence-corrected chi connectivity index (χ1v) is 6.25. The van der Waals surface area contributed by atoms with E-state index in [9.17, 15) is 9.59 Å². The molecule has 0 atom stereocenters. The first kappa shape index (κ1) is 13.5. The van der Waals surface area contributed by atoms with Gasteiger partial charge in [-0.3, -0.25) is 0 Å². The van der Waals surface area contributed by atoms with Crippen molar-refractivity contribution < 1.29 is 19.1 Å². The van der Waals surface area contributed by atoms with E-state index in [0.29, 0.717) is 12.3 Å². The van der Waals surface area contributed by atoms with Gasteiger partial charge in [0.25, 0.3) is 0 Å². The molecule has 1 aromatic heterocycles. The van der Waals surface area contributed by atoms with Crippen molar-refractivity contribution >= 4 is 12.0 Å². The first-order chi connectivity index (χ1) is 8.90. The van der Waals surface area contributed by atoms with Gasteiger partial charge in [0.05, 0.1) is 12.8 Å². The van der Waals surface area contributed by atoms with Gasteiger partial charge in [-0.15, -0.1) is 0 Å². The molecule has 6 nitrogen and oxygen atoms in total. The Bertz CT molecular complexity index is 463. The van der Waals surface area contributed by atoms with Gasteiger partial charge in [-0.25, -0.2) is 9.59 Å². The summed E-state index contributed by atoms with van der Waals surface area (Å²) in [7, 11) is 0. The molecule has 0 radical (unpaired) electrons. The second-order valence-corrected chi connectivity index (χ2v) is 5.30. The molecule has 104 valence electrons. The molecule has 2 rings (SSSR count). The van der Waals surface area contributed by atoms with Crippen LogP contribution >= 0.6 is 0 Å². The van der Waals surface area contributed by atoms with Crippen molar-refractivity contribution in [2.24, 2.45) is 0 Å². The predicted molar refractivity (Wildman–Crippen MR) is 67.5 cm³/mol. The monoisotopic (exact) mass is 266 g/mol. The van der Waals surface area contributed by atoms with Gasteiger partial charge >= 0.3 is 12.0 Å². The summed E-state index contributed by atoms with van der Waals surface area (Å²) < 4.78 is 5.23. The van der Waals surface area contributed by atoms with E-state index in [4.69, 9.17) is 9.52 Å². The molecule has 0 spiro atoms. The Morgan fingerprint density at radius 3 is 2.68 bits per heavy atom. The summed E-state index contributed by atoms with van der Waals surface area (Å²) in [5.74, 6) is -0.371. The van der Waals surface area contributed by atoms with Crippen molar-refractivity contribution in [2.75, 3.05) is 0 Å².